The van der Waals surface area contributed by atoms with Gasteiger partial charge in [0.1, 0.15) is 17.6 Å². The van der Waals surface area contributed by atoms with Gasteiger partial charge in [-0.2, -0.15) is 0 Å². The zero-order chi connectivity index (χ0) is 34.2. The Bertz CT molecular complexity index is 1370. The Labute approximate surface area is 278 Å². The van der Waals surface area contributed by atoms with Crippen molar-refractivity contribution in [1.29, 1.82) is 0 Å². The van der Waals surface area contributed by atoms with E-state index in [9.17, 15) is 19.5 Å². The van der Waals surface area contributed by atoms with Gasteiger partial charge < -0.3 is 29.5 Å². The summed E-state index contributed by atoms with van der Waals surface area (Å²) >= 11 is 6.63. The molecule has 1 aliphatic rings. The second-order valence-corrected chi connectivity index (χ2v) is 14.6. The summed E-state index contributed by atoms with van der Waals surface area (Å²) in [5.41, 5.74) is 0.913. The third-order valence-electron chi connectivity index (χ3n) is 7.95. The van der Waals surface area contributed by atoms with E-state index in [-0.39, 0.29) is 42.0 Å². The summed E-state index contributed by atoms with van der Waals surface area (Å²) in [6.07, 6.45) is 0.209. The van der Waals surface area contributed by atoms with Gasteiger partial charge in [0.15, 0.2) is 0 Å². The quantitative estimate of drug-likeness (QED) is 0.246. The molecule has 1 heterocycles. The number of piperidine rings is 1. The molecule has 2 N–H and O–H groups in total. The van der Waals surface area contributed by atoms with Gasteiger partial charge in [0.25, 0.3) is 0 Å². The first-order valence-electron chi connectivity index (χ1n) is 16.1. The highest BCUT2D eigenvalue weighted by Gasteiger charge is 2.36. The van der Waals surface area contributed by atoms with Crippen molar-refractivity contribution in [1.82, 2.24) is 10.2 Å². The van der Waals surface area contributed by atoms with E-state index in [1.165, 1.54) is 0 Å². The molecule has 0 spiro atoms. The van der Waals surface area contributed by atoms with Crippen molar-refractivity contribution in [2.24, 2.45) is 16.7 Å². The molecule has 0 saturated carbocycles. The van der Waals surface area contributed by atoms with Crippen molar-refractivity contribution in [3.63, 3.8) is 0 Å². The van der Waals surface area contributed by atoms with Crippen LogP contribution in [0.15, 0.2) is 36.4 Å². The lowest BCUT2D eigenvalue weighted by atomic mass is 9.78. The molecular weight excluding hydrogens is 608 g/mol. The van der Waals surface area contributed by atoms with Crippen molar-refractivity contribution < 1.29 is 33.7 Å². The molecule has 2 aromatic carbocycles. The fourth-order valence-corrected chi connectivity index (χ4v) is 5.83. The Kier molecular flexibility index (Phi) is 12.9. The minimum Gasteiger partial charge on any atom is -0.496 e. The molecule has 0 radical (unpaired) electrons. The number of para-hydroxylation sites is 1. The average Bonchev–Trinajstić information content (AvgIpc) is 3.00. The first kappa shape index (κ1) is 37.2. The van der Waals surface area contributed by atoms with E-state index < -0.39 is 17.6 Å². The largest absolute Gasteiger partial charge is 0.496 e. The lowest BCUT2D eigenvalue weighted by Gasteiger charge is -2.36. The van der Waals surface area contributed by atoms with Gasteiger partial charge in [-0.1, -0.05) is 71.3 Å². The number of hydrogen-bond acceptors (Lipinski definition) is 7. The maximum atomic E-state index is 13.6. The van der Waals surface area contributed by atoms with E-state index in [2.05, 4.69) is 26.1 Å². The molecule has 1 aliphatic heterocycles. The molecule has 10 heteroatoms. The molecule has 9 nitrogen and oxygen atoms in total. The van der Waals surface area contributed by atoms with Crippen LogP contribution in [0.4, 0.5) is 0 Å². The fraction of sp³-hybridized carbons (Fsp3) is 0.583. The smallest absolute Gasteiger partial charge is 0.310 e. The summed E-state index contributed by atoms with van der Waals surface area (Å²) in [6.45, 7) is 15.4. The SMILES string of the molecule is CCOC(=O)C1CCCN(C(=O)CCC(=O)N[C@H](c2c(OCC(C)(C)C)cc(Cl)cc2[C@H](O)c2ccccc2OC)C(C)(C)C)C1. The number of amides is 2. The van der Waals surface area contributed by atoms with Crippen molar-refractivity contribution in [2.45, 2.75) is 86.3 Å². The molecule has 46 heavy (non-hydrogen) atoms. The van der Waals surface area contributed by atoms with E-state index in [0.717, 1.165) is 0 Å². The van der Waals surface area contributed by atoms with Gasteiger partial charge in [-0.05, 0) is 54.4 Å². The molecule has 254 valence electrons. The molecule has 1 unspecified atom stereocenters. The number of hydrogen-bond donors (Lipinski definition) is 2. The summed E-state index contributed by atoms with van der Waals surface area (Å²) in [4.78, 5) is 40.6. The van der Waals surface area contributed by atoms with Crippen molar-refractivity contribution in [3.05, 3.63) is 58.1 Å². The van der Waals surface area contributed by atoms with Crippen LogP contribution in [0.2, 0.25) is 5.02 Å². The number of carbonyl (C=O) groups is 3. The standard InChI is InChI=1S/C36H51ClN2O7/c1-9-45-34(43)23-13-12-18-39(21-23)30(41)17-16-29(40)38-33(36(5,6)7)31-26(32(42)25-14-10-11-15-27(25)44-8)19-24(37)20-28(31)46-22-35(2,3)4/h10-11,14-15,19-20,23,32-33,42H,9,12-13,16-18,21-22H2,1-8H3,(H,38,40)/t23?,32-,33-/m1/s1. The van der Waals surface area contributed by atoms with Crippen LogP contribution >= 0.6 is 11.6 Å². The predicted octanol–water partition coefficient (Wildman–Crippen LogP) is 6.64. The molecule has 1 fully saturated rings. The van der Waals surface area contributed by atoms with Gasteiger partial charge in [-0.3, -0.25) is 14.4 Å². The van der Waals surface area contributed by atoms with E-state index in [1.807, 2.05) is 32.9 Å². The number of halogens is 1. The highest BCUT2D eigenvalue weighted by Crippen LogP contribution is 2.45. The molecule has 0 aromatic heterocycles. The number of carbonyl (C=O) groups excluding carboxylic acids is 3. The van der Waals surface area contributed by atoms with Crippen LogP contribution in [-0.4, -0.2) is 61.2 Å². The number of methoxy groups -OCH3 is 1. The van der Waals surface area contributed by atoms with Crippen molar-refractivity contribution in [2.75, 3.05) is 33.4 Å². The van der Waals surface area contributed by atoms with Gasteiger partial charge in [-0.25, -0.2) is 0 Å². The maximum Gasteiger partial charge on any atom is 0.310 e. The molecule has 0 aliphatic carbocycles. The third kappa shape index (κ3) is 10.1. The first-order valence-corrected chi connectivity index (χ1v) is 16.4. The number of likely N-dealkylation sites (tertiary alicyclic amines) is 1. The van der Waals surface area contributed by atoms with Crippen molar-refractivity contribution >= 4 is 29.4 Å². The van der Waals surface area contributed by atoms with E-state index in [1.54, 1.807) is 43.2 Å². The lowest BCUT2D eigenvalue weighted by molar-refractivity contribution is -0.151. The van der Waals surface area contributed by atoms with Crippen LogP contribution in [-0.2, 0) is 19.1 Å². The molecule has 2 aromatic rings. The predicted molar refractivity (Wildman–Crippen MR) is 179 cm³/mol. The number of benzene rings is 2. The van der Waals surface area contributed by atoms with Crippen LogP contribution in [0, 0.1) is 16.7 Å². The Morgan fingerprint density at radius 2 is 1.74 bits per heavy atom. The van der Waals surface area contributed by atoms with Crippen LogP contribution in [0.3, 0.4) is 0 Å². The molecule has 0 bridgehead atoms. The highest BCUT2D eigenvalue weighted by atomic mass is 35.5. The number of rotatable bonds is 12. The summed E-state index contributed by atoms with van der Waals surface area (Å²) in [5.74, 6) is -0.159. The molecular formula is C36H51ClN2O7. The van der Waals surface area contributed by atoms with E-state index in [0.29, 0.717) is 72.4 Å². The number of aliphatic hydroxyl groups is 1. The summed E-state index contributed by atoms with van der Waals surface area (Å²) < 4.78 is 17.1. The second-order valence-electron chi connectivity index (χ2n) is 14.2. The fourth-order valence-electron chi connectivity index (χ4n) is 5.61. The maximum absolute atomic E-state index is 13.6. The molecule has 3 atom stereocenters. The lowest BCUT2D eigenvalue weighted by Crippen LogP contribution is -2.43. The number of nitrogens with one attached hydrogen (secondary N) is 1. The van der Waals surface area contributed by atoms with Gasteiger partial charge >= 0.3 is 5.97 Å². The zero-order valence-electron chi connectivity index (χ0n) is 28.6. The van der Waals surface area contributed by atoms with Crippen LogP contribution in [0.1, 0.15) is 103 Å². The van der Waals surface area contributed by atoms with Crippen LogP contribution in [0.5, 0.6) is 11.5 Å². The van der Waals surface area contributed by atoms with E-state index in [4.69, 9.17) is 25.8 Å². The topological polar surface area (TPSA) is 114 Å². The van der Waals surface area contributed by atoms with E-state index >= 15 is 0 Å². The minimum absolute atomic E-state index is 0.00291. The molecule has 1 saturated heterocycles. The average molecular weight is 659 g/mol. The number of esters is 1. The van der Waals surface area contributed by atoms with Gasteiger partial charge in [0.05, 0.1) is 32.3 Å². The summed E-state index contributed by atoms with van der Waals surface area (Å²) in [7, 11) is 1.54. The number of nitrogens with zero attached hydrogens (tertiary/aromatic N) is 1. The van der Waals surface area contributed by atoms with Gasteiger partial charge in [0, 0.05) is 42.1 Å². The normalized spacial score (nSPS) is 16.7. The van der Waals surface area contributed by atoms with Crippen molar-refractivity contribution in [3.8, 4) is 11.5 Å². The van der Waals surface area contributed by atoms with Crippen LogP contribution < -0.4 is 14.8 Å². The first-order chi connectivity index (χ1) is 21.6. The monoisotopic (exact) mass is 658 g/mol. The second kappa shape index (κ2) is 16.0. The summed E-state index contributed by atoms with van der Waals surface area (Å²) in [5, 5.41) is 15.4. The van der Waals surface area contributed by atoms with Gasteiger partial charge in [0.2, 0.25) is 11.8 Å². The Hall–Kier alpha value is -3.30. The number of ether oxygens (including phenoxy) is 3. The van der Waals surface area contributed by atoms with Gasteiger partial charge in [-0.15, -0.1) is 0 Å². The van der Waals surface area contributed by atoms with Crippen LogP contribution in [0.25, 0.3) is 0 Å². The third-order valence-corrected chi connectivity index (χ3v) is 8.17. The zero-order valence-corrected chi connectivity index (χ0v) is 29.3. The Balaban J connectivity index is 1.93. The Morgan fingerprint density at radius 3 is 2.37 bits per heavy atom. The Morgan fingerprint density at radius 1 is 1.04 bits per heavy atom. The number of aliphatic hydroxyl groups excluding tert-OH is 1. The molecule has 3 rings (SSSR count). The summed E-state index contributed by atoms with van der Waals surface area (Å²) in [6, 6.07) is 10.00. The molecule has 2 amide bonds. The highest BCUT2D eigenvalue weighted by molar-refractivity contribution is 6.30. The minimum atomic E-state index is -1.14.